The van der Waals surface area contributed by atoms with Crippen molar-refractivity contribution in [2.45, 2.75) is 0 Å². The van der Waals surface area contributed by atoms with Gasteiger partial charge >= 0.3 is 0 Å². The van der Waals surface area contributed by atoms with Crippen LogP contribution in [0.4, 0.5) is 0 Å². The van der Waals surface area contributed by atoms with Crippen molar-refractivity contribution < 1.29 is 60.5 Å². The summed E-state index contributed by atoms with van der Waals surface area (Å²) >= 11 is 0. The zero-order valence-electron chi connectivity index (χ0n) is 1.51. The molecule has 0 fully saturated rings. The minimum absolute atomic E-state index is 0. The van der Waals surface area contributed by atoms with E-state index in [1.54, 1.807) is 0 Å². The first-order valence-corrected chi connectivity index (χ1v) is 0. The Balaban J connectivity index is 0. The second-order valence-electron chi connectivity index (χ2n) is 0. The second-order valence-corrected chi connectivity index (χ2v) is 0. The van der Waals surface area contributed by atoms with Crippen LogP contribution in [0.3, 0.4) is 0 Å². The zero-order chi connectivity index (χ0) is 0. The van der Waals surface area contributed by atoms with Gasteiger partial charge in [0.1, 0.15) is 0 Å². The summed E-state index contributed by atoms with van der Waals surface area (Å²) in [7, 11) is 0. The van der Waals surface area contributed by atoms with Crippen molar-refractivity contribution in [3.8, 4) is 0 Å². The molecule has 0 aliphatic heterocycles. The molecule has 0 spiro atoms. The van der Waals surface area contributed by atoms with Gasteiger partial charge in [0.2, 0.25) is 0 Å². The summed E-state index contributed by atoms with van der Waals surface area (Å²) in [6.45, 7) is 0. The molecule has 0 amide bonds. The van der Waals surface area contributed by atoms with Gasteiger partial charge in [-0.05, 0) is 0 Å². The maximum absolute atomic E-state index is 0. The standard InChI is InChI=1S/Au.Cu.Sn.W. The van der Waals surface area contributed by atoms with Crippen LogP contribution in [0.5, 0.6) is 0 Å². The van der Waals surface area contributed by atoms with Crippen molar-refractivity contribution in [1.82, 2.24) is 0 Å². The summed E-state index contributed by atoms with van der Waals surface area (Å²) in [6, 6.07) is 0. The van der Waals surface area contributed by atoms with Gasteiger partial charge in [0.15, 0.2) is 0 Å². The molecule has 0 heterocycles. The number of hydrogen-bond acceptors (Lipinski definition) is 0. The van der Waals surface area contributed by atoms with Gasteiger partial charge in [0.25, 0.3) is 0 Å². The first-order valence-electron chi connectivity index (χ1n) is 0. The van der Waals surface area contributed by atoms with E-state index in [1.807, 2.05) is 0 Å². The van der Waals surface area contributed by atoms with E-state index in [0.29, 0.717) is 0 Å². The van der Waals surface area contributed by atoms with Crippen LogP contribution in [-0.4, -0.2) is 23.9 Å². The van der Waals surface area contributed by atoms with Crippen LogP contribution in [0, 0.1) is 0 Å². The molecule has 0 atom stereocenters. The van der Waals surface area contributed by atoms with E-state index in [2.05, 4.69) is 0 Å². The molecule has 32 valence electrons. The van der Waals surface area contributed by atoms with Crippen molar-refractivity contribution in [3.05, 3.63) is 0 Å². The Bertz CT molecular complexity index is 8.00. The third-order valence-electron chi connectivity index (χ3n) is 0. The van der Waals surface area contributed by atoms with Crippen LogP contribution in [0.15, 0.2) is 0 Å². The summed E-state index contributed by atoms with van der Waals surface area (Å²) in [5.41, 5.74) is 0. The minimum atomic E-state index is 0. The van der Waals surface area contributed by atoms with Crippen LogP contribution < -0.4 is 0 Å². The molecule has 0 aromatic heterocycles. The van der Waals surface area contributed by atoms with Gasteiger partial charge in [0, 0.05) is 84.4 Å². The van der Waals surface area contributed by atoms with Gasteiger partial charge < -0.3 is 0 Å². The molecular weight excluding hydrogens is 563 g/mol. The maximum atomic E-state index is 0. The monoisotopic (exact) mass is 564 g/mol. The molecule has 0 saturated carbocycles. The van der Waals surface area contributed by atoms with Crippen molar-refractivity contribution >= 4 is 23.9 Å². The third-order valence-corrected chi connectivity index (χ3v) is 0. The van der Waals surface area contributed by atoms with Gasteiger partial charge in [-0.3, -0.25) is 0 Å². The van der Waals surface area contributed by atoms with E-state index in [1.165, 1.54) is 0 Å². The van der Waals surface area contributed by atoms with Gasteiger partial charge in [-0.2, -0.15) is 0 Å². The molecular formula is AuCuSnW. The van der Waals surface area contributed by atoms with E-state index in [0.717, 1.165) is 0 Å². The average molecular weight is 563 g/mol. The molecule has 0 aromatic rings. The Hall–Kier alpha value is 2.75. The topological polar surface area (TPSA) is 0 Å². The third kappa shape index (κ3) is 8.83. The molecule has 0 saturated heterocycles. The largest absolute Gasteiger partial charge is 0 e. The Morgan fingerprint density at radius 3 is 1.00 bits per heavy atom. The molecule has 0 aliphatic rings. The minimum Gasteiger partial charge on any atom is 0 e. The van der Waals surface area contributed by atoms with Gasteiger partial charge in [-0.15, -0.1) is 0 Å². The molecule has 0 rings (SSSR count). The van der Waals surface area contributed by atoms with Gasteiger partial charge in [0.05, 0.1) is 0 Å². The van der Waals surface area contributed by atoms with Gasteiger partial charge in [-0.25, -0.2) is 0 Å². The van der Waals surface area contributed by atoms with Crippen LogP contribution in [0.1, 0.15) is 0 Å². The average Bonchev–Trinajstić information content (AvgIpc) is 0. The molecule has 0 bridgehead atoms. The van der Waals surface area contributed by atoms with Gasteiger partial charge in [-0.1, -0.05) is 0 Å². The molecule has 4 heteroatoms. The number of rotatable bonds is 0. The molecule has 0 N–H and O–H groups in total. The summed E-state index contributed by atoms with van der Waals surface area (Å²) in [5.74, 6) is 0. The van der Waals surface area contributed by atoms with Crippen molar-refractivity contribution in [1.29, 1.82) is 0 Å². The van der Waals surface area contributed by atoms with Crippen LogP contribution in [0.25, 0.3) is 0 Å². The fourth-order valence-electron chi connectivity index (χ4n) is 0. The number of hydrogen-bond donors (Lipinski definition) is 0. The summed E-state index contributed by atoms with van der Waals surface area (Å²) in [4.78, 5) is 0. The Morgan fingerprint density at radius 2 is 1.00 bits per heavy atom. The first-order chi connectivity index (χ1) is 0. The summed E-state index contributed by atoms with van der Waals surface area (Å²) in [5, 5.41) is 0. The predicted octanol–water partition coefficient (Wildman–Crippen LogP) is -0.388. The molecule has 0 aromatic carbocycles. The molecule has 0 nitrogen and oxygen atoms in total. The normalized spacial score (nSPS) is 0. The molecule has 6 radical (unpaired) electrons. The van der Waals surface area contributed by atoms with Crippen molar-refractivity contribution in [2.24, 2.45) is 0 Å². The maximum Gasteiger partial charge on any atom is 0 e. The molecule has 4 heavy (non-hydrogen) atoms. The van der Waals surface area contributed by atoms with Crippen LogP contribution in [0.2, 0.25) is 0 Å². The first kappa shape index (κ1) is 29.5. The van der Waals surface area contributed by atoms with E-state index >= 15 is 0 Å². The predicted molar refractivity (Wildman–Crippen MR) is 5.75 cm³/mol. The fourth-order valence-corrected chi connectivity index (χ4v) is 0. The Morgan fingerprint density at radius 1 is 1.00 bits per heavy atom. The fraction of sp³-hybridized carbons (Fsp3) is 0. The summed E-state index contributed by atoms with van der Waals surface area (Å²) < 4.78 is 0. The van der Waals surface area contributed by atoms with Crippen molar-refractivity contribution in [3.63, 3.8) is 0 Å². The van der Waals surface area contributed by atoms with E-state index in [4.69, 9.17) is 0 Å². The quantitative estimate of drug-likeness (QED) is 0.353. The molecule has 0 unspecified atom stereocenters. The van der Waals surface area contributed by atoms with E-state index in [9.17, 15) is 0 Å². The smallest absolute Gasteiger partial charge is 0 e. The molecule has 0 aliphatic carbocycles. The van der Waals surface area contributed by atoms with E-state index in [-0.39, 0.29) is 84.4 Å². The second kappa shape index (κ2) is 17.2. The Kier molecular flexibility index (Phi) is 127. The zero-order valence-corrected chi connectivity index (χ0v) is 10.4. The SMILES string of the molecule is [Au].[Cu].[Sn].[W]. The van der Waals surface area contributed by atoms with Crippen LogP contribution >= 0.6 is 0 Å². The Labute approximate surface area is 83.1 Å². The van der Waals surface area contributed by atoms with Crippen LogP contribution in [-0.2, 0) is 60.5 Å². The summed E-state index contributed by atoms with van der Waals surface area (Å²) in [6.07, 6.45) is 0. The van der Waals surface area contributed by atoms with E-state index < -0.39 is 0 Å². The van der Waals surface area contributed by atoms with Crippen molar-refractivity contribution in [2.75, 3.05) is 0 Å².